The summed E-state index contributed by atoms with van der Waals surface area (Å²) < 4.78 is 0. The molecule has 8 N–H and O–H groups in total. The van der Waals surface area contributed by atoms with Gasteiger partial charge in [-0.25, -0.2) is 4.79 Å². The molecule has 0 fully saturated rings. The van der Waals surface area contributed by atoms with Crippen LogP contribution in [-0.2, 0) is 19.2 Å². The third-order valence-electron chi connectivity index (χ3n) is 3.83. The van der Waals surface area contributed by atoms with E-state index in [0.717, 1.165) is 0 Å². The summed E-state index contributed by atoms with van der Waals surface area (Å²) in [7, 11) is 0. The topological polar surface area (TPSA) is 191 Å². The highest BCUT2D eigenvalue weighted by Crippen LogP contribution is 2.03. The average Bonchev–Trinajstić information content (AvgIpc) is 2.64. The Morgan fingerprint density at radius 3 is 1.79 bits per heavy atom. The molecule has 0 aromatic carbocycles. The molecule has 12 heteroatoms. The Kier molecular flexibility index (Phi) is 12.4. The summed E-state index contributed by atoms with van der Waals surface area (Å²) in [6.45, 7) is 1.62. The van der Waals surface area contributed by atoms with Crippen molar-refractivity contribution in [2.75, 3.05) is 25.2 Å². The minimum absolute atomic E-state index is 0.375. The third-order valence-corrected chi connectivity index (χ3v) is 4.48. The molecular formula is C16H30N4O7S. The monoisotopic (exact) mass is 422 g/mol. The van der Waals surface area contributed by atoms with Gasteiger partial charge in [0.25, 0.3) is 0 Å². The molecule has 11 nitrogen and oxygen atoms in total. The van der Waals surface area contributed by atoms with E-state index in [4.69, 9.17) is 10.8 Å². The van der Waals surface area contributed by atoms with Crippen LogP contribution in [0, 0.1) is 5.92 Å². The van der Waals surface area contributed by atoms with E-state index in [2.05, 4.69) is 16.0 Å². The second kappa shape index (κ2) is 13.3. The zero-order chi connectivity index (χ0) is 21.9. The van der Waals surface area contributed by atoms with Crippen molar-refractivity contribution in [3.8, 4) is 0 Å². The summed E-state index contributed by atoms with van der Waals surface area (Å²) in [4.78, 5) is 47.5. The first kappa shape index (κ1) is 26.1. The lowest BCUT2D eigenvalue weighted by atomic mass is 10.0. The van der Waals surface area contributed by atoms with Crippen LogP contribution in [0.5, 0.6) is 0 Å². The molecule has 0 aromatic heterocycles. The normalized spacial score (nSPS) is 15.2. The largest absolute Gasteiger partial charge is 0.480 e. The fourth-order valence-corrected chi connectivity index (χ4v) is 2.57. The smallest absolute Gasteiger partial charge is 0.326 e. The van der Waals surface area contributed by atoms with Crippen molar-refractivity contribution in [3.05, 3.63) is 0 Å². The van der Waals surface area contributed by atoms with Gasteiger partial charge in [0.2, 0.25) is 17.7 Å². The molecule has 0 saturated heterocycles. The number of nitrogens with two attached hydrogens (primary N) is 1. The molecule has 0 aromatic rings. The number of aliphatic carboxylic acids is 1. The number of aliphatic hydroxyl groups excluding tert-OH is 2. The van der Waals surface area contributed by atoms with Crippen molar-refractivity contribution in [1.29, 1.82) is 0 Å². The summed E-state index contributed by atoms with van der Waals surface area (Å²) in [6.07, 6.45) is 2.23. The number of carbonyl (C=O) groups is 4. The van der Waals surface area contributed by atoms with Crippen LogP contribution >= 0.6 is 11.8 Å². The number of carboxylic acids is 1. The number of rotatable bonds is 13. The molecule has 0 spiro atoms. The van der Waals surface area contributed by atoms with Gasteiger partial charge in [-0.3, -0.25) is 14.4 Å². The van der Waals surface area contributed by atoms with Gasteiger partial charge in [0, 0.05) is 0 Å². The van der Waals surface area contributed by atoms with E-state index in [-0.39, 0.29) is 0 Å². The predicted molar refractivity (Wildman–Crippen MR) is 103 cm³/mol. The van der Waals surface area contributed by atoms with Crippen molar-refractivity contribution in [2.24, 2.45) is 11.7 Å². The number of nitrogens with one attached hydrogen (secondary N) is 3. The van der Waals surface area contributed by atoms with E-state index in [9.17, 15) is 29.4 Å². The molecule has 162 valence electrons. The summed E-state index contributed by atoms with van der Waals surface area (Å²) in [5.74, 6) is -3.51. The molecule has 3 amide bonds. The molecule has 0 aliphatic rings. The molecule has 0 saturated carbocycles. The Morgan fingerprint density at radius 1 is 0.929 bits per heavy atom. The van der Waals surface area contributed by atoms with Crippen molar-refractivity contribution < 1.29 is 34.5 Å². The second-order valence-electron chi connectivity index (χ2n) is 6.44. The standard InChI is InChI=1S/C16H30N4O7S/c1-8(2)12(16(26)27)20-15(25)11(7-22)19-14(24)10(6-21)18-13(23)9(17)4-5-28-3/h8-12,21-22H,4-7,17H2,1-3H3,(H,18,23)(H,19,24)(H,20,25)(H,26,27). The molecule has 0 radical (unpaired) electrons. The number of amides is 3. The number of hydrogen-bond acceptors (Lipinski definition) is 8. The zero-order valence-corrected chi connectivity index (χ0v) is 17.0. The lowest BCUT2D eigenvalue weighted by molar-refractivity contribution is -0.143. The van der Waals surface area contributed by atoms with Crippen LogP contribution in [-0.4, -0.2) is 88.4 Å². The van der Waals surface area contributed by atoms with Crippen molar-refractivity contribution in [1.82, 2.24) is 16.0 Å². The highest BCUT2D eigenvalue weighted by Gasteiger charge is 2.30. The average molecular weight is 423 g/mol. The molecule has 4 unspecified atom stereocenters. The van der Waals surface area contributed by atoms with Crippen LogP contribution in [0.15, 0.2) is 0 Å². The molecule has 0 heterocycles. The van der Waals surface area contributed by atoms with Crippen LogP contribution in [0.4, 0.5) is 0 Å². The van der Waals surface area contributed by atoms with Crippen LogP contribution in [0.1, 0.15) is 20.3 Å². The highest BCUT2D eigenvalue weighted by molar-refractivity contribution is 7.98. The van der Waals surface area contributed by atoms with Gasteiger partial charge in [-0.2, -0.15) is 11.8 Å². The maximum atomic E-state index is 12.2. The fraction of sp³-hybridized carbons (Fsp3) is 0.750. The van der Waals surface area contributed by atoms with Gasteiger partial charge < -0.3 is 37.0 Å². The predicted octanol–water partition coefficient (Wildman–Crippen LogP) is -2.75. The lowest BCUT2D eigenvalue weighted by Crippen LogP contribution is -2.59. The minimum atomic E-state index is -1.45. The van der Waals surface area contributed by atoms with Crippen LogP contribution < -0.4 is 21.7 Å². The second-order valence-corrected chi connectivity index (χ2v) is 7.43. The van der Waals surface area contributed by atoms with Gasteiger partial charge in [-0.1, -0.05) is 13.8 Å². The van der Waals surface area contributed by atoms with Gasteiger partial charge >= 0.3 is 5.97 Å². The number of aliphatic hydroxyl groups is 2. The molecule has 0 aliphatic heterocycles. The molecular weight excluding hydrogens is 392 g/mol. The van der Waals surface area contributed by atoms with E-state index in [0.29, 0.717) is 12.2 Å². The van der Waals surface area contributed by atoms with E-state index in [1.807, 2.05) is 6.26 Å². The van der Waals surface area contributed by atoms with Gasteiger partial charge in [0.15, 0.2) is 0 Å². The number of hydrogen-bond donors (Lipinski definition) is 7. The van der Waals surface area contributed by atoms with Crippen LogP contribution in [0.3, 0.4) is 0 Å². The third kappa shape index (κ3) is 8.87. The minimum Gasteiger partial charge on any atom is -0.480 e. The molecule has 0 aliphatic carbocycles. The lowest BCUT2D eigenvalue weighted by Gasteiger charge is -2.24. The number of thioether (sulfide) groups is 1. The van der Waals surface area contributed by atoms with Gasteiger partial charge in [0.05, 0.1) is 19.3 Å². The van der Waals surface area contributed by atoms with Crippen molar-refractivity contribution in [2.45, 2.75) is 44.4 Å². The summed E-state index contributed by atoms with van der Waals surface area (Å²) >= 11 is 1.50. The Labute approximate surface area is 167 Å². The first-order chi connectivity index (χ1) is 13.1. The van der Waals surface area contributed by atoms with Gasteiger partial charge in [-0.15, -0.1) is 0 Å². The van der Waals surface area contributed by atoms with Crippen LogP contribution in [0.2, 0.25) is 0 Å². The zero-order valence-electron chi connectivity index (χ0n) is 16.2. The quantitative estimate of drug-likeness (QED) is 0.165. The number of carbonyl (C=O) groups excluding carboxylic acids is 3. The Bertz CT molecular complexity index is 547. The van der Waals surface area contributed by atoms with E-state index >= 15 is 0 Å². The Morgan fingerprint density at radius 2 is 1.39 bits per heavy atom. The fourth-order valence-electron chi connectivity index (χ4n) is 2.08. The summed E-state index contributed by atoms with van der Waals surface area (Å²) in [5.41, 5.74) is 5.70. The SMILES string of the molecule is CSCCC(N)C(=O)NC(CO)C(=O)NC(CO)C(=O)NC(C(=O)O)C(C)C. The number of carboxylic acid groups (broad SMARTS) is 1. The van der Waals surface area contributed by atoms with E-state index in [1.54, 1.807) is 13.8 Å². The maximum Gasteiger partial charge on any atom is 0.326 e. The van der Waals surface area contributed by atoms with Gasteiger partial charge in [-0.05, 0) is 24.3 Å². The summed E-state index contributed by atoms with van der Waals surface area (Å²) in [5, 5.41) is 34.5. The molecule has 28 heavy (non-hydrogen) atoms. The Balaban J connectivity index is 4.92. The first-order valence-corrected chi connectivity index (χ1v) is 10.1. The molecule has 0 bridgehead atoms. The highest BCUT2D eigenvalue weighted by atomic mass is 32.2. The summed E-state index contributed by atoms with van der Waals surface area (Å²) in [6, 6.07) is -4.91. The van der Waals surface area contributed by atoms with Crippen molar-refractivity contribution in [3.63, 3.8) is 0 Å². The molecule has 0 rings (SSSR count). The van der Waals surface area contributed by atoms with Crippen LogP contribution in [0.25, 0.3) is 0 Å². The maximum absolute atomic E-state index is 12.2. The Hall–Kier alpha value is -1.89. The van der Waals surface area contributed by atoms with E-state index in [1.165, 1.54) is 11.8 Å². The van der Waals surface area contributed by atoms with E-state index < -0.39 is 67.0 Å². The molecule has 4 atom stereocenters. The van der Waals surface area contributed by atoms with Gasteiger partial charge in [0.1, 0.15) is 18.1 Å². The first-order valence-electron chi connectivity index (χ1n) is 8.69. The van der Waals surface area contributed by atoms with Crippen molar-refractivity contribution >= 4 is 35.5 Å².